The normalized spacial score (nSPS) is 11.2. The van der Waals surface area contributed by atoms with Crippen molar-refractivity contribution in [3.63, 3.8) is 0 Å². The van der Waals surface area contributed by atoms with Gasteiger partial charge in [-0.1, -0.05) is 17.7 Å². The van der Waals surface area contributed by atoms with Crippen LogP contribution in [0.3, 0.4) is 0 Å². The maximum Gasteiger partial charge on any atom is 0.265 e. The van der Waals surface area contributed by atoms with Crippen molar-refractivity contribution in [2.24, 2.45) is 0 Å². The van der Waals surface area contributed by atoms with Crippen LogP contribution in [0, 0.1) is 6.92 Å². The van der Waals surface area contributed by atoms with Gasteiger partial charge in [0.1, 0.15) is 10.7 Å². The Kier molecular flexibility index (Phi) is 4.75. The molecule has 2 aromatic rings. The van der Waals surface area contributed by atoms with Gasteiger partial charge in [0.15, 0.2) is 0 Å². The van der Waals surface area contributed by atoms with E-state index < -0.39 is 10.0 Å². The Hall–Kier alpha value is -1.31. The van der Waals surface area contributed by atoms with Crippen molar-refractivity contribution < 1.29 is 8.42 Å². The van der Waals surface area contributed by atoms with E-state index in [1.54, 1.807) is 25.2 Å². The second-order valence-corrected chi connectivity index (χ2v) is 7.31. The second kappa shape index (κ2) is 6.21. The summed E-state index contributed by atoms with van der Waals surface area (Å²) in [7, 11) is -2.20. The molecule has 2 rings (SSSR count). The molecule has 1 aromatic carbocycles. The molecular weight excluding hydrogens is 378 g/mol. The van der Waals surface area contributed by atoms with Gasteiger partial charge in [-0.3, -0.25) is 4.72 Å². The quantitative estimate of drug-likeness (QED) is 0.836. The van der Waals surface area contributed by atoms with Crippen LogP contribution in [0.2, 0.25) is 5.02 Å². The molecule has 2 N–H and O–H groups in total. The predicted molar refractivity (Wildman–Crippen MR) is 88.5 cm³/mol. The molecule has 0 aliphatic rings. The van der Waals surface area contributed by atoms with Gasteiger partial charge in [-0.2, -0.15) is 0 Å². The molecule has 21 heavy (non-hydrogen) atoms. The lowest BCUT2D eigenvalue weighted by molar-refractivity contribution is 0.601. The van der Waals surface area contributed by atoms with Gasteiger partial charge in [0.05, 0.1) is 10.7 Å². The number of nitrogens with one attached hydrogen (secondary N) is 2. The van der Waals surface area contributed by atoms with Crippen molar-refractivity contribution >= 4 is 49.1 Å². The molecule has 1 heterocycles. The third-order valence-corrected chi connectivity index (χ3v) is 4.85. The summed E-state index contributed by atoms with van der Waals surface area (Å²) in [6, 6.07) is 6.60. The van der Waals surface area contributed by atoms with Gasteiger partial charge >= 0.3 is 0 Å². The molecule has 112 valence electrons. The smallest absolute Gasteiger partial charge is 0.265 e. The van der Waals surface area contributed by atoms with Crippen molar-refractivity contribution in [3.05, 3.63) is 45.5 Å². The first kappa shape index (κ1) is 16.1. The first-order chi connectivity index (χ1) is 9.83. The number of aromatic nitrogens is 1. The van der Waals surface area contributed by atoms with E-state index in [2.05, 4.69) is 31.0 Å². The van der Waals surface area contributed by atoms with Crippen LogP contribution < -0.4 is 10.0 Å². The molecule has 0 atom stereocenters. The number of benzene rings is 1. The lowest BCUT2D eigenvalue weighted by atomic mass is 10.2. The Morgan fingerprint density at radius 1 is 1.29 bits per heavy atom. The fourth-order valence-corrected chi connectivity index (χ4v) is 3.69. The zero-order valence-electron chi connectivity index (χ0n) is 11.3. The number of anilines is 2. The number of pyridine rings is 1. The van der Waals surface area contributed by atoms with Gasteiger partial charge in [0.25, 0.3) is 10.0 Å². The first-order valence-electron chi connectivity index (χ1n) is 5.96. The molecule has 0 aliphatic heterocycles. The van der Waals surface area contributed by atoms with E-state index in [1.807, 2.05) is 6.92 Å². The summed E-state index contributed by atoms with van der Waals surface area (Å²) in [5, 5.41) is 3.09. The highest BCUT2D eigenvalue weighted by Crippen LogP contribution is 2.28. The number of sulfonamides is 1. The number of halogens is 2. The van der Waals surface area contributed by atoms with Crippen molar-refractivity contribution in [2.75, 3.05) is 17.1 Å². The topological polar surface area (TPSA) is 71.1 Å². The molecule has 5 nitrogen and oxygen atoms in total. The lowest BCUT2D eigenvalue weighted by Crippen LogP contribution is -2.16. The van der Waals surface area contributed by atoms with E-state index in [4.69, 9.17) is 11.6 Å². The van der Waals surface area contributed by atoms with E-state index in [9.17, 15) is 8.42 Å². The van der Waals surface area contributed by atoms with Crippen LogP contribution in [0.15, 0.2) is 39.8 Å². The molecular formula is C13H13BrClN3O2S. The summed E-state index contributed by atoms with van der Waals surface area (Å²) in [5.74, 6) is 0.259. The highest BCUT2D eigenvalue weighted by atomic mass is 79.9. The van der Waals surface area contributed by atoms with E-state index in [1.165, 1.54) is 12.3 Å². The van der Waals surface area contributed by atoms with Crippen LogP contribution in [-0.4, -0.2) is 20.4 Å². The van der Waals surface area contributed by atoms with Crippen molar-refractivity contribution in [2.45, 2.75) is 11.8 Å². The van der Waals surface area contributed by atoms with Gasteiger partial charge in [-0.25, -0.2) is 13.4 Å². The minimum Gasteiger partial charge on any atom is -0.372 e. The van der Waals surface area contributed by atoms with Crippen molar-refractivity contribution in [1.29, 1.82) is 0 Å². The Balaban J connectivity index is 2.48. The van der Waals surface area contributed by atoms with Gasteiger partial charge in [0, 0.05) is 17.7 Å². The SMILES string of the molecule is CNc1ncc(Br)cc1S(=O)(=O)Nc1cc(C)ccc1Cl. The number of hydrogen-bond acceptors (Lipinski definition) is 4. The second-order valence-electron chi connectivity index (χ2n) is 4.34. The van der Waals surface area contributed by atoms with Gasteiger partial charge < -0.3 is 5.32 Å². The average Bonchev–Trinajstić information content (AvgIpc) is 2.42. The summed E-state index contributed by atoms with van der Waals surface area (Å²) in [4.78, 5) is 4.07. The summed E-state index contributed by atoms with van der Waals surface area (Å²) >= 11 is 9.25. The maximum atomic E-state index is 12.5. The zero-order valence-corrected chi connectivity index (χ0v) is 14.5. The number of rotatable bonds is 4. The molecule has 0 bridgehead atoms. The van der Waals surface area contributed by atoms with E-state index in [0.717, 1.165) is 5.56 Å². The highest BCUT2D eigenvalue weighted by molar-refractivity contribution is 9.10. The Morgan fingerprint density at radius 3 is 2.67 bits per heavy atom. The van der Waals surface area contributed by atoms with Crippen LogP contribution in [0.1, 0.15) is 5.56 Å². The summed E-state index contributed by atoms with van der Waals surface area (Å²) in [5.41, 5.74) is 1.23. The Morgan fingerprint density at radius 2 is 2.00 bits per heavy atom. The molecule has 8 heteroatoms. The van der Waals surface area contributed by atoms with Crippen LogP contribution in [0.4, 0.5) is 11.5 Å². The maximum absolute atomic E-state index is 12.5. The van der Waals surface area contributed by atoms with E-state index in [-0.39, 0.29) is 10.7 Å². The average molecular weight is 391 g/mol. The molecule has 0 unspecified atom stereocenters. The molecule has 0 spiro atoms. The minimum absolute atomic E-state index is 0.0388. The molecule has 0 aliphatic carbocycles. The van der Waals surface area contributed by atoms with Gasteiger partial charge in [0.2, 0.25) is 0 Å². The van der Waals surface area contributed by atoms with Crippen LogP contribution in [0.25, 0.3) is 0 Å². The highest BCUT2D eigenvalue weighted by Gasteiger charge is 2.21. The van der Waals surface area contributed by atoms with E-state index in [0.29, 0.717) is 15.2 Å². The Labute approximate surface area is 136 Å². The lowest BCUT2D eigenvalue weighted by Gasteiger charge is -2.13. The fourth-order valence-electron chi connectivity index (χ4n) is 1.73. The third-order valence-electron chi connectivity index (χ3n) is 2.71. The fraction of sp³-hybridized carbons (Fsp3) is 0.154. The number of aryl methyl sites for hydroxylation is 1. The molecule has 1 aromatic heterocycles. The van der Waals surface area contributed by atoms with Crippen molar-refractivity contribution in [3.8, 4) is 0 Å². The number of hydrogen-bond donors (Lipinski definition) is 2. The monoisotopic (exact) mass is 389 g/mol. The minimum atomic E-state index is -3.81. The van der Waals surface area contributed by atoms with Crippen LogP contribution >= 0.6 is 27.5 Å². The summed E-state index contributed by atoms with van der Waals surface area (Å²) < 4.78 is 28.1. The largest absolute Gasteiger partial charge is 0.372 e. The Bertz CT molecular complexity index is 781. The van der Waals surface area contributed by atoms with Crippen molar-refractivity contribution in [1.82, 2.24) is 4.98 Å². The summed E-state index contributed by atoms with van der Waals surface area (Å²) in [6.07, 6.45) is 1.52. The van der Waals surface area contributed by atoms with Crippen LogP contribution in [0.5, 0.6) is 0 Å². The zero-order chi connectivity index (χ0) is 15.6. The predicted octanol–water partition coefficient (Wildman–Crippen LogP) is 3.65. The number of nitrogens with zero attached hydrogens (tertiary/aromatic N) is 1. The van der Waals surface area contributed by atoms with Gasteiger partial charge in [-0.15, -0.1) is 0 Å². The molecule has 0 radical (unpaired) electrons. The summed E-state index contributed by atoms with van der Waals surface area (Å²) in [6.45, 7) is 1.85. The molecule has 0 saturated heterocycles. The van der Waals surface area contributed by atoms with Gasteiger partial charge in [-0.05, 0) is 46.6 Å². The van der Waals surface area contributed by atoms with E-state index >= 15 is 0 Å². The first-order valence-corrected chi connectivity index (χ1v) is 8.61. The standard InChI is InChI=1S/C13H13BrClN3O2S/c1-8-3-4-10(15)11(5-8)18-21(19,20)12-6-9(14)7-17-13(12)16-2/h3-7,18H,1-2H3,(H,16,17). The molecule has 0 fully saturated rings. The molecule has 0 amide bonds. The molecule has 0 saturated carbocycles. The third kappa shape index (κ3) is 3.66. The van der Waals surface area contributed by atoms with Crippen LogP contribution in [-0.2, 0) is 10.0 Å².